The Morgan fingerprint density at radius 2 is 1.84 bits per heavy atom. The van der Waals surface area contributed by atoms with Gasteiger partial charge in [-0.05, 0) is 23.1 Å². The molecule has 0 bridgehead atoms. The van der Waals surface area contributed by atoms with Crippen LogP contribution in [0.3, 0.4) is 0 Å². The molecule has 1 aliphatic rings. The van der Waals surface area contributed by atoms with Crippen molar-refractivity contribution in [2.45, 2.75) is 13.1 Å². The van der Waals surface area contributed by atoms with E-state index in [9.17, 15) is 10.1 Å². The normalized spacial score (nSPS) is 14.5. The number of aliphatic imine (C=N–C) groups is 1. The zero-order chi connectivity index (χ0) is 21.5. The average Bonchev–Trinajstić information content (AvgIpc) is 3.34. The summed E-state index contributed by atoms with van der Waals surface area (Å²) in [6.45, 7) is 4.37. The minimum absolute atomic E-state index is 0.0861. The Morgan fingerprint density at radius 1 is 1.10 bits per heavy atom. The van der Waals surface area contributed by atoms with E-state index in [-0.39, 0.29) is 5.69 Å². The monoisotopic (exact) mass is 437 g/mol. The second-order valence-electron chi connectivity index (χ2n) is 7.02. The standard InChI is InChI=1S/C21H23N7O2S/c29-28(30)18-6-4-17(5-7-18)15-24-21(25-16-19-3-1-14-31-19)27-12-10-26(11-13-27)20-22-8-2-9-23-20/h1-9,14H,10-13,15-16H2,(H,24,25). The molecule has 10 heteroatoms. The van der Waals surface area contributed by atoms with E-state index in [0.29, 0.717) is 13.1 Å². The lowest BCUT2D eigenvalue weighted by Crippen LogP contribution is -2.52. The van der Waals surface area contributed by atoms with E-state index in [1.807, 2.05) is 12.1 Å². The number of piperazine rings is 1. The number of nitro benzene ring substituents is 1. The number of nitrogens with zero attached hydrogens (tertiary/aromatic N) is 6. The summed E-state index contributed by atoms with van der Waals surface area (Å²) in [5.41, 5.74) is 1.01. The van der Waals surface area contributed by atoms with Crippen molar-refractivity contribution in [3.63, 3.8) is 0 Å². The van der Waals surface area contributed by atoms with Gasteiger partial charge in [0.05, 0.1) is 18.0 Å². The third-order valence-electron chi connectivity index (χ3n) is 4.97. The molecule has 0 unspecified atom stereocenters. The molecule has 1 fully saturated rings. The summed E-state index contributed by atoms with van der Waals surface area (Å²) >= 11 is 1.70. The summed E-state index contributed by atoms with van der Waals surface area (Å²) < 4.78 is 0. The smallest absolute Gasteiger partial charge is 0.269 e. The Bertz CT molecular complexity index is 1000. The zero-order valence-electron chi connectivity index (χ0n) is 16.9. The lowest BCUT2D eigenvalue weighted by atomic mass is 10.2. The van der Waals surface area contributed by atoms with Gasteiger partial charge in [-0.2, -0.15) is 0 Å². The van der Waals surface area contributed by atoms with Gasteiger partial charge < -0.3 is 15.1 Å². The number of anilines is 1. The molecule has 0 amide bonds. The molecule has 0 atom stereocenters. The second kappa shape index (κ2) is 9.98. The highest BCUT2D eigenvalue weighted by Gasteiger charge is 2.21. The van der Waals surface area contributed by atoms with E-state index < -0.39 is 4.92 Å². The minimum Gasteiger partial charge on any atom is -0.351 e. The van der Waals surface area contributed by atoms with Crippen LogP contribution in [0.4, 0.5) is 11.6 Å². The van der Waals surface area contributed by atoms with Crippen LogP contribution >= 0.6 is 11.3 Å². The number of nitro groups is 1. The highest BCUT2D eigenvalue weighted by atomic mass is 32.1. The molecule has 3 heterocycles. The number of nitrogens with one attached hydrogen (secondary N) is 1. The summed E-state index contributed by atoms with van der Waals surface area (Å²) in [4.78, 5) is 29.6. The third kappa shape index (κ3) is 5.54. The van der Waals surface area contributed by atoms with Crippen molar-refractivity contribution < 1.29 is 4.92 Å². The van der Waals surface area contributed by atoms with E-state index in [4.69, 9.17) is 4.99 Å². The number of benzene rings is 1. The van der Waals surface area contributed by atoms with Crippen LogP contribution in [0.2, 0.25) is 0 Å². The SMILES string of the molecule is O=[N+]([O-])c1ccc(CN=C(NCc2cccs2)N2CCN(c3ncccn3)CC2)cc1. The summed E-state index contributed by atoms with van der Waals surface area (Å²) in [6.07, 6.45) is 3.52. The third-order valence-corrected chi connectivity index (χ3v) is 5.85. The topological polar surface area (TPSA) is 99.8 Å². The first-order chi connectivity index (χ1) is 15.2. The Morgan fingerprint density at radius 3 is 2.48 bits per heavy atom. The molecule has 160 valence electrons. The maximum atomic E-state index is 10.9. The van der Waals surface area contributed by atoms with Gasteiger partial charge in [0, 0.05) is 55.6 Å². The molecule has 0 aliphatic carbocycles. The molecule has 4 rings (SSSR count). The number of hydrogen-bond acceptors (Lipinski definition) is 7. The fraction of sp³-hybridized carbons (Fsp3) is 0.286. The average molecular weight is 438 g/mol. The molecule has 1 saturated heterocycles. The van der Waals surface area contributed by atoms with Gasteiger partial charge in [-0.15, -0.1) is 11.3 Å². The molecule has 0 spiro atoms. The molecule has 9 nitrogen and oxygen atoms in total. The molecular weight excluding hydrogens is 414 g/mol. The fourth-order valence-electron chi connectivity index (χ4n) is 3.31. The number of rotatable bonds is 6. The molecular formula is C21H23N7O2S. The predicted octanol–water partition coefficient (Wildman–Crippen LogP) is 2.91. The number of thiophene rings is 1. The van der Waals surface area contributed by atoms with Crippen molar-refractivity contribution >= 4 is 28.9 Å². The molecule has 1 aliphatic heterocycles. The lowest BCUT2D eigenvalue weighted by molar-refractivity contribution is -0.384. The molecule has 1 aromatic carbocycles. The second-order valence-corrected chi connectivity index (χ2v) is 8.05. The van der Waals surface area contributed by atoms with Gasteiger partial charge in [0.25, 0.3) is 5.69 Å². The number of hydrogen-bond donors (Lipinski definition) is 1. The van der Waals surface area contributed by atoms with Gasteiger partial charge in [-0.3, -0.25) is 10.1 Å². The molecule has 1 N–H and O–H groups in total. The number of aromatic nitrogens is 2. The highest BCUT2D eigenvalue weighted by molar-refractivity contribution is 7.09. The van der Waals surface area contributed by atoms with Gasteiger partial charge >= 0.3 is 0 Å². The van der Waals surface area contributed by atoms with Gasteiger partial charge in [0.15, 0.2) is 5.96 Å². The maximum absolute atomic E-state index is 10.9. The van der Waals surface area contributed by atoms with Gasteiger partial charge in [-0.25, -0.2) is 15.0 Å². The van der Waals surface area contributed by atoms with E-state index in [0.717, 1.165) is 43.7 Å². The van der Waals surface area contributed by atoms with Crippen molar-refractivity contribution in [2.24, 2.45) is 4.99 Å². The van der Waals surface area contributed by atoms with E-state index >= 15 is 0 Å². The first kappa shape index (κ1) is 20.7. The minimum atomic E-state index is -0.392. The van der Waals surface area contributed by atoms with E-state index in [1.54, 1.807) is 35.9 Å². The summed E-state index contributed by atoms with van der Waals surface area (Å²) in [6, 6.07) is 12.5. The van der Waals surface area contributed by atoms with Crippen LogP contribution in [0, 0.1) is 10.1 Å². The van der Waals surface area contributed by atoms with Crippen LogP contribution < -0.4 is 10.2 Å². The van der Waals surface area contributed by atoms with Crippen molar-refractivity contribution in [1.29, 1.82) is 0 Å². The summed E-state index contributed by atoms with van der Waals surface area (Å²) in [5.74, 6) is 1.58. The molecule has 2 aromatic heterocycles. The maximum Gasteiger partial charge on any atom is 0.269 e. The van der Waals surface area contributed by atoms with Crippen LogP contribution in [-0.2, 0) is 13.1 Å². The Kier molecular flexibility index (Phi) is 6.68. The fourth-order valence-corrected chi connectivity index (χ4v) is 3.95. The van der Waals surface area contributed by atoms with E-state index in [1.165, 1.54) is 17.0 Å². The number of non-ortho nitro benzene ring substituents is 1. The molecule has 31 heavy (non-hydrogen) atoms. The van der Waals surface area contributed by atoms with Crippen LogP contribution in [0.25, 0.3) is 0 Å². The number of guanidine groups is 1. The van der Waals surface area contributed by atoms with Crippen molar-refractivity contribution in [2.75, 3.05) is 31.1 Å². The largest absolute Gasteiger partial charge is 0.351 e. The Hall–Kier alpha value is -3.53. The van der Waals surface area contributed by atoms with Gasteiger partial charge in [0.1, 0.15) is 0 Å². The van der Waals surface area contributed by atoms with Crippen molar-refractivity contribution in [1.82, 2.24) is 20.2 Å². The molecule has 0 saturated carbocycles. The molecule has 3 aromatic rings. The molecule has 0 radical (unpaired) electrons. The predicted molar refractivity (Wildman–Crippen MR) is 121 cm³/mol. The summed E-state index contributed by atoms with van der Waals surface area (Å²) in [5, 5.41) is 16.4. The quantitative estimate of drug-likeness (QED) is 0.274. The highest BCUT2D eigenvalue weighted by Crippen LogP contribution is 2.14. The lowest BCUT2D eigenvalue weighted by Gasteiger charge is -2.36. The zero-order valence-corrected chi connectivity index (χ0v) is 17.7. The first-order valence-corrected chi connectivity index (χ1v) is 10.9. The van der Waals surface area contributed by atoms with Crippen LogP contribution in [0.1, 0.15) is 10.4 Å². The van der Waals surface area contributed by atoms with Gasteiger partial charge in [-0.1, -0.05) is 18.2 Å². The Labute approximate surface area is 184 Å². The summed E-state index contributed by atoms with van der Waals surface area (Å²) in [7, 11) is 0. The van der Waals surface area contributed by atoms with Crippen LogP contribution in [-0.4, -0.2) is 51.9 Å². The van der Waals surface area contributed by atoms with E-state index in [2.05, 4.69) is 36.5 Å². The van der Waals surface area contributed by atoms with Gasteiger partial charge in [0.2, 0.25) is 5.95 Å². The Balaban J connectivity index is 1.43. The van der Waals surface area contributed by atoms with Crippen LogP contribution in [0.15, 0.2) is 65.2 Å². The first-order valence-electron chi connectivity index (χ1n) is 10.00. The van der Waals surface area contributed by atoms with Crippen molar-refractivity contribution in [3.05, 3.63) is 80.8 Å². The van der Waals surface area contributed by atoms with Crippen molar-refractivity contribution in [3.8, 4) is 0 Å². The van der Waals surface area contributed by atoms with Crippen LogP contribution in [0.5, 0.6) is 0 Å².